The van der Waals surface area contributed by atoms with Crippen LogP contribution in [0, 0.1) is 19.7 Å². The molecule has 0 amide bonds. The van der Waals surface area contributed by atoms with Crippen LogP contribution in [0.5, 0.6) is 5.75 Å². The number of hydrogen-bond donors (Lipinski definition) is 1. The Kier molecular flexibility index (Phi) is 3.13. The molecule has 2 nitrogen and oxygen atoms in total. The molecule has 2 aromatic rings. The van der Waals surface area contributed by atoms with Crippen molar-refractivity contribution < 1.29 is 9.13 Å². The fourth-order valence-corrected chi connectivity index (χ4v) is 2.89. The second-order valence-corrected chi connectivity index (χ2v) is 5.35. The molecule has 0 bridgehead atoms. The van der Waals surface area contributed by atoms with Crippen LogP contribution < -0.4 is 10.1 Å². The summed E-state index contributed by atoms with van der Waals surface area (Å²) in [4.78, 5) is 0. The monoisotopic (exact) mass is 271 g/mol. The fraction of sp³-hybridized carbons (Fsp3) is 0.294. The summed E-state index contributed by atoms with van der Waals surface area (Å²) in [5, 5.41) is 3.44. The highest BCUT2D eigenvalue weighted by Gasteiger charge is 2.26. The van der Waals surface area contributed by atoms with Gasteiger partial charge in [-0.25, -0.2) is 4.39 Å². The average Bonchev–Trinajstić information content (AvgIpc) is 2.89. The van der Waals surface area contributed by atoms with Gasteiger partial charge in [0.15, 0.2) is 0 Å². The van der Waals surface area contributed by atoms with Crippen molar-refractivity contribution in [2.75, 3.05) is 12.4 Å². The van der Waals surface area contributed by atoms with E-state index in [9.17, 15) is 4.39 Å². The van der Waals surface area contributed by atoms with E-state index in [0.717, 1.165) is 28.1 Å². The van der Waals surface area contributed by atoms with Gasteiger partial charge in [-0.3, -0.25) is 0 Å². The second-order valence-electron chi connectivity index (χ2n) is 5.35. The van der Waals surface area contributed by atoms with E-state index in [1.54, 1.807) is 13.2 Å². The van der Waals surface area contributed by atoms with E-state index in [1.165, 1.54) is 5.56 Å². The third-order valence-corrected chi connectivity index (χ3v) is 4.01. The molecular weight excluding hydrogens is 253 g/mol. The van der Waals surface area contributed by atoms with E-state index in [1.807, 2.05) is 32.0 Å². The highest BCUT2D eigenvalue weighted by molar-refractivity contribution is 5.63. The molecule has 2 aromatic carbocycles. The van der Waals surface area contributed by atoms with Crippen LogP contribution in [0.15, 0.2) is 30.3 Å². The van der Waals surface area contributed by atoms with E-state index in [-0.39, 0.29) is 11.9 Å². The molecular formula is C17H18FNO. The Bertz CT molecular complexity index is 635. The number of benzene rings is 2. The number of methoxy groups -OCH3 is 1. The van der Waals surface area contributed by atoms with Gasteiger partial charge in [0.1, 0.15) is 11.6 Å². The Balaban J connectivity index is 1.94. The van der Waals surface area contributed by atoms with E-state index >= 15 is 0 Å². The number of rotatable bonds is 2. The van der Waals surface area contributed by atoms with Gasteiger partial charge in [0.2, 0.25) is 0 Å². The maximum atomic E-state index is 13.9. The fourth-order valence-electron chi connectivity index (χ4n) is 2.89. The number of nitrogens with one attached hydrogen (secondary N) is 1. The van der Waals surface area contributed by atoms with E-state index in [0.29, 0.717) is 6.42 Å². The third-order valence-electron chi connectivity index (χ3n) is 4.01. The van der Waals surface area contributed by atoms with Crippen LogP contribution in [0.1, 0.15) is 28.3 Å². The van der Waals surface area contributed by atoms with Crippen molar-refractivity contribution in [3.8, 4) is 5.75 Å². The number of ether oxygens (including phenoxy) is 1. The molecule has 0 saturated heterocycles. The zero-order chi connectivity index (χ0) is 14.3. The lowest BCUT2D eigenvalue weighted by Crippen LogP contribution is -2.06. The third kappa shape index (κ3) is 2.03. The molecule has 0 saturated carbocycles. The molecule has 104 valence electrons. The smallest absolute Gasteiger partial charge is 0.128 e. The highest BCUT2D eigenvalue weighted by Crippen LogP contribution is 2.38. The molecule has 0 radical (unpaired) electrons. The standard InChI is InChI=1S/C17H18FNO/c1-10-4-6-14(18)13-9-15(19-17(10)13)12-5-7-16(20-3)11(2)8-12/h4-8,15,19H,9H2,1-3H3. The van der Waals surface area contributed by atoms with Crippen molar-refractivity contribution in [1.82, 2.24) is 0 Å². The summed E-state index contributed by atoms with van der Waals surface area (Å²) in [6.45, 7) is 4.03. The van der Waals surface area contributed by atoms with Crippen LogP contribution in [0.25, 0.3) is 0 Å². The number of aryl methyl sites for hydroxylation is 2. The van der Waals surface area contributed by atoms with Crippen molar-refractivity contribution in [3.63, 3.8) is 0 Å². The van der Waals surface area contributed by atoms with Gasteiger partial charge in [-0.05, 0) is 42.7 Å². The molecule has 1 aliphatic heterocycles. The Morgan fingerprint density at radius 1 is 1.15 bits per heavy atom. The van der Waals surface area contributed by atoms with Gasteiger partial charge >= 0.3 is 0 Å². The van der Waals surface area contributed by atoms with Gasteiger partial charge in [0, 0.05) is 17.7 Å². The van der Waals surface area contributed by atoms with Gasteiger partial charge in [0.25, 0.3) is 0 Å². The molecule has 1 N–H and O–H groups in total. The van der Waals surface area contributed by atoms with Crippen molar-refractivity contribution in [1.29, 1.82) is 0 Å². The van der Waals surface area contributed by atoms with Crippen LogP contribution in [0.2, 0.25) is 0 Å². The molecule has 3 heteroatoms. The lowest BCUT2D eigenvalue weighted by Gasteiger charge is -2.14. The summed E-state index contributed by atoms with van der Waals surface area (Å²) in [5.41, 5.74) is 5.10. The number of halogens is 1. The van der Waals surface area contributed by atoms with Crippen LogP contribution >= 0.6 is 0 Å². The minimum absolute atomic E-state index is 0.120. The van der Waals surface area contributed by atoms with Crippen molar-refractivity contribution in [2.24, 2.45) is 0 Å². The first-order valence-corrected chi connectivity index (χ1v) is 6.79. The SMILES string of the molecule is COc1ccc(C2Cc3c(F)ccc(C)c3N2)cc1C. The van der Waals surface area contributed by atoms with E-state index < -0.39 is 0 Å². The summed E-state index contributed by atoms with van der Waals surface area (Å²) in [6, 6.07) is 9.63. The molecule has 0 aromatic heterocycles. The lowest BCUT2D eigenvalue weighted by atomic mass is 10.00. The highest BCUT2D eigenvalue weighted by atomic mass is 19.1. The molecule has 1 heterocycles. The molecule has 1 atom stereocenters. The minimum Gasteiger partial charge on any atom is -0.496 e. The number of fused-ring (bicyclic) bond motifs is 1. The second kappa shape index (κ2) is 4.82. The molecule has 1 aliphatic rings. The van der Waals surface area contributed by atoms with Gasteiger partial charge in [-0.2, -0.15) is 0 Å². The molecule has 0 fully saturated rings. The van der Waals surface area contributed by atoms with Gasteiger partial charge in [-0.15, -0.1) is 0 Å². The number of hydrogen-bond acceptors (Lipinski definition) is 2. The summed E-state index contributed by atoms with van der Waals surface area (Å²) in [5.74, 6) is 0.762. The molecule has 0 spiro atoms. The normalized spacial score (nSPS) is 16.7. The maximum Gasteiger partial charge on any atom is 0.128 e. The predicted octanol–water partition coefficient (Wildman–Crippen LogP) is 4.16. The molecule has 1 unspecified atom stereocenters. The Morgan fingerprint density at radius 3 is 2.60 bits per heavy atom. The van der Waals surface area contributed by atoms with Crippen LogP contribution in [-0.2, 0) is 6.42 Å². The van der Waals surface area contributed by atoms with Crippen molar-refractivity contribution >= 4 is 5.69 Å². The van der Waals surface area contributed by atoms with Gasteiger partial charge < -0.3 is 10.1 Å². The Morgan fingerprint density at radius 2 is 1.95 bits per heavy atom. The minimum atomic E-state index is -0.120. The Labute approximate surface area is 118 Å². The number of anilines is 1. The quantitative estimate of drug-likeness (QED) is 0.885. The van der Waals surface area contributed by atoms with Crippen LogP contribution in [0.3, 0.4) is 0 Å². The first kappa shape index (κ1) is 13.0. The average molecular weight is 271 g/mol. The largest absolute Gasteiger partial charge is 0.496 e. The molecule has 20 heavy (non-hydrogen) atoms. The van der Waals surface area contributed by atoms with Crippen LogP contribution in [-0.4, -0.2) is 7.11 Å². The maximum absolute atomic E-state index is 13.9. The summed E-state index contributed by atoms with van der Waals surface area (Å²) >= 11 is 0. The summed E-state index contributed by atoms with van der Waals surface area (Å²) in [6.07, 6.45) is 0.689. The van der Waals surface area contributed by atoms with Crippen LogP contribution in [0.4, 0.5) is 10.1 Å². The van der Waals surface area contributed by atoms with E-state index in [2.05, 4.69) is 11.4 Å². The first-order valence-electron chi connectivity index (χ1n) is 6.79. The van der Waals surface area contributed by atoms with Gasteiger partial charge in [0.05, 0.1) is 13.2 Å². The summed E-state index contributed by atoms with van der Waals surface area (Å²) in [7, 11) is 1.67. The topological polar surface area (TPSA) is 21.3 Å². The predicted molar refractivity (Wildman–Crippen MR) is 78.9 cm³/mol. The van der Waals surface area contributed by atoms with E-state index in [4.69, 9.17) is 4.74 Å². The Hall–Kier alpha value is -2.03. The van der Waals surface area contributed by atoms with Gasteiger partial charge in [-0.1, -0.05) is 18.2 Å². The molecule has 0 aliphatic carbocycles. The first-order chi connectivity index (χ1) is 9.60. The van der Waals surface area contributed by atoms with Crippen molar-refractivity contribution in [2.45, 2.75) is 26.3 Å². The zero-order valence-corrected chi connectivity index (χ0v) is 12.0. The zero-order valence-electron chi connectivity index (χ0n) is 12.0. The lowest BCUT2D eigenvalue weighted by molar-refractivity contribution is 0.411. The van der Waals surface area contributed by atoms with Crippen molar-refractivity contribution in [3.05, 3.63) is 58.4 Å². The summed E-state index contributed by atoms with van der Waals surface area (Å²) < 4.78 is 19.2. The molecule has 3 rings (SSSR count).